The molecule has 2 unspecified atom stereocenters. The van der Waals surface area contributed by atoms with Gasteiger partial charge in [0.2, 0.25) is 6.41 Å². The first-order chi connectivity index (χ1) is 4.77. The second kappa shape index (κ2) is 2.79. The van der Waals surface area contributed by atoms with E-state index in [1.807, 2.05) is 0 Å². The van der Waals surface area contributed by atoms with Crippen molar-refractivity contribution in [1.29, 1.82) is 0 Å². The van der Waals surface area contributed by atoms with E-state index in [2.05, 4.69) is 0 Å². The van der Waals surface area contributed by atoms with E-state index >= 15 is 0 Å². The van der Waals surface area contributed by atoms with Crippen LogP contribution in [0.2, 0.25) is 0 Å². The molecule has 1 amide bonds. The van der Waals surface area contributed by atoms with Gasteiger partial charge in [-0.3, -0.25) is 4.79 Å². The van der Waals surface area contributed by atoms with Crippen molar-refractivity contribution in [2.24, 2.45) is 0 Å². The molecule has 4 heteroatoms. The van der Waals surface area contributed by atoms with E-state index in [0.29, 0.717) is 19.1 Å². The van der Waals surface area contributed by atoms with Crippen LogP contribution in [0.4, 0.5) is 0 Å². The minimum Gasteiger partial charge on any atom is -0.391 e. The summed E-state index contributed by atoms with van der Waals surface area (Å²) < 4.78 is 0. The molecule has 0 aromatic carbocycles. The minimum atomic E-state index is -0.527. The molecule has 0 aromatic heterocycles. The molecule has 1 aliphatic rings. The Morgan fingerprint density at radius 3 is 2.60 bits per heavy atom. The highest BCUT2D eigenvalue weighted by Gasteiger charge is 2.28. The quantitative estimate of drug-likeness (QED) is 0.493. The van der Waals surface area contributed by atoms with Crippen molar-refractivity contribution < 1.29 is 14.7 Å². The molecular weight excluding hydrogens is 134 g/mol. The molecule has 0 radical (unpaired) electrons. The van der Waals surface area contributed by atoms with Crippen molar-refractivity contribution in [3.05, 3.63) is 0 Å². The van der Waals surface area contributed by atoms with Crippen molar-refractivity contribution in [2.75, 3.05) is 6.54 Å². The maximum Gasteiger partial charge on any atom is 0.210 e. The summed E-state index contributed by atoms with van der Waals surface area (Å²) in [5.74, 6) is 0. The minimum absolute atomic E-state index is 0.285. The highest BCUT2D eigenvalue weighted by atomic mass is 16.3. The first-order valence-corrected chi connectivity index (χ1v) is 3.12. The van der Waals surface area contributed by atoms with Gasteiger partial charge >= 0.3 is 0 Å². The number of rotatable bonds is 2. The SMILES string of the molecule is O=CC1CC(O)CN1C=O. The summed E-state index contributed by atoms with van der Waals surface area (Å²) in [6.45, 7) is 0.285. The van der Waals surface area contributed by atoms with Gasteiger partial charge in [0.15, 0.2) is 0 Å². The number of aliphatic hydroxyl groups is 1. The summed E-state index contributed by atoms with van der Waals surface area (Å²) >= 11 is 0. The summed E-state index contributed by atoms with van der Waals surface area (Å²) in [7, 11) is 0. The molecule has 0 saturated carbocycles. The lowest BCUT2D eigenvalue weighted by atomic mass is 10.2. The number of β-amino-alcohol motifs (C(OH)–C–C–N with tert-alkyl or cyclic N) is 1. The normalized spacial score (nSPS) is 32.3. The van der Waals surface area contributed by atoms with E-state index in [0.717, 1.165) is 0 Å². The van der Waals surface area contributed by atoms with Crippen LogP contribution in [0.25, 0.3) is 0 Å². The number of aliphatic hydroxyl groups excluding tert-OH is 1. The van der Waals surface area contributed by atoms with Crippen molar-refractivity contribution >= 4 is 12.7 Å². The molecule has 2 atom stereocenters. The highest BCUT2D eigenvalue weighted by molar-refractivity contribution is 5.64. The Balaban J connectivity index is 2.56. The van der Waals surface area contributed by atoms with Crippen LogP contribution in [0, 0.1) is 0 Å². The van der Waals surface area contributed by atoms with Gasteiger partial charge in [-0.25, -0.2) is 0 Å². The molecule has 1 N–H and O–H groups in total. The molecule has 0 aromatic rings. The fraction of sp³-hybridized carbons (Fsp3) is 0.667. The van der Waals surface area contributed by atoms with Gasteiger partial charge in [0.05, 0.1) is 12.1 Å². The fourth-order valence-corrected chi connectivity index (χ4v) is 1.12. The summed E-state index contributed by atoms with van der Waals surface area (Å²) in [6, 6.07) is -0.410. The van der Waals surface area contributed by atoms with Crippen molar-refractivity contribution in [3.63, 3.8) is 0 Å². The lowest BCUT2D eigenvalue weighted by molar-refractivity contribution is -0.123. The van der Waals surface area contributed by atoms with Crippen LogP contribution in [0.5, 0.6) is 0 Å². The molecule has 1 fully saturated rings. The zero-order valence-corrected chi connectivity index (χ0v) is 5.43. The summed E-state index contributed by atoms with van der Waals surface area (Å²) in [5.41, 5.74) is 0. The Bertz CT molecular complexity index is 132. The molecule has 1 aliphatic heterocycles. The smallest absolute Gasteiger partial charge is 0.210 e. The lowest BCUT2D eigenvalue weighted by Gasteiger charge is -2.11. The summed E-state index contributed by atoms with van der Waals surface area (Å²) in [6.07, 6.45) is 1.13. The van der Waals surface area contributed by atoms with E-state index in [1.165, 1.54) is 4.90 Å². The second-order valence-corrected chi connectivity index (χ2v) is 2.40. The average molecular weight is 143 g/mol. The van der Waals surface area contributed by atoms with Gasteiger partial charge in [-0.1, -0.05) is 0 Å². The number of carbonyl (C=O) groups excluding carboxylic acids is 2. The third-order valence-electron chi connectivity index (χ3n) is 1.65. The molecule has 0 spiro atoms. The van der Waals surface area contributed by atoms with Gasteiger partial charge in [-0.15, -0.1) is 0 Å². The van der Waals surface area contributed by atoms with Gasteiger partial charge in [0, 0.05) is 13.0 Å². The molecule has 0 bridgehead atoms. The Hall–Kier alpha value is -0.900. The maximum atomic E-state index is 10.2. The Labute approximate surface area is 58.4 Å². The van der Waals surface area contributed by atoms with Gasteiger partial charge in [-0.05, 0) is 0 Å². The standard InChI is InChI=1S/C6H9NO3/c8-3-5-1-6(10)2-7(5)4-9/h3-6,10H,1-2H2. The highest BCUT2D eigenvalue weighted by Crippen LogP contribution is 2.13. The lowest BCUT2D eigenvalue weighted by Crippen LogP contribution is -2.29. The second-order valence-electron chi connectivity index (χ2n) is 2.40. The third kappa shape index (κ3) is 1.16. The first-order valence-electron chi connectivity index (χ1n) is 3.12. The van der Waals surface area contributed by atoms with E-state index in [-0.39, 0.29) is 6.54 Å². The van der Waals surface area contributed by atoms with Crippen LogP contribution in [-0.2, 0) is 9.59 Å². The number of likely N-dealkylation sites (tertiary alicyclic amines) is 1. The number of hydrogen-bond donors (Lipinski definition) is 1. The molecule has 4 nitrogen and oxygen atoms in total. The number of aldehydes is 1. The number of amides is 1. The molecule has 1 saturated heterocycles. The Morgan fingerprint density at radius 1 is 1.50 bits per heavy atom. The van der Waals surface area contributed by atoms with Crippen molar-refractivity contribution in [1.82, 2.24) is 4.90 Å². The fourth-order valence-electron chi connectivity index (χ4n) is 1.12. The average Bonchev–Trinajstić information content (AvgIpc) is 2.30. The van der Waals surface area contributed by atoms with Crippen LogP contribution in [0.3, 0.4) is 0 Å². The zero-order chi connectivity index (χ0) is 7.56. The van der Waals surface area contributed by atoms with Crippen LogP contribution in [0.1, 0.15) is 6.42 Å². The molecule has 1 rings (SSSR count). The van der Waals surface area contributed by atoms with Crippen LogP contribution in [-0.4, -0.2) is 41.4 Å². The number of hydrogen-bond acceptors (Lipinski definition) is 3. The van der Waals surface area contributed by atoms with E-state index in [4.69, 9.17) is 5.11 Å². The molecule has 0 aliphatic carbocycles. The molecule has 10 heavy (non-hydrogen) atoms. The van der Waals surface area contributed by atoms with E-state index in [9.17, 15) is 9.59 Å². The molecule has 1 heterocycles. The molecular formula is C6H9NO3. The number of nitrogens with zero attached hydrogens (tertiary/aromatic N) is 1. The third-order valence-corrected chi connectivity index (χ3v) is 1.65. The number of carbonyl (C=O) groups is 2. The van der Waals surface area contributed by atoms with E-state index < -0.39 is 12.1 Å². The largest absolute Gasteiger partial charge is 0.391 e. The predicted molar refractivity (Wildman–Crippen MR) is 33.2 cm³/mol. The van der Waals surface area contributed by atoms with Crippen molar-refractivity contribution in [2.45, 2.75) is 18.6 Å². The Morgan fingerprint density at radius 2 is 2.20 bits per heavy atom. The van der Waals surface area contributed by atoms with Gasteiger partial charge in [0.25, 0.3) is 0 Å². The van der Waals surface area contributed by atoms with Crippen molar-refractivity contribution in [3.8, 4) is 0 Å². The Kier molecular flexibility index (Phi) is 2.01. The molecule has 56 valence electrons. The van der Waals surface area contributed by atoms with Gasteiger partial charge < -0.3 is 14.8 Å². The van der Waals surface area contributed by atoms with Crippen LogP contribution in [0.15, 0.2) is 0 Å². The predicted octanol–water partition coefficient (Wildman–Crippen LogP) is -1.22. The zero-order valence-electron chi connectivity index (χ0n) is 5.43. The van der Waals surface area contributed by atoms with Crippen LogP contribution < -0.4 is 0 Å². The topological polar surface area (TPSA) is 57.6 Å². The summed E-state index contributed by atoms with van der Waals surface area (Å²) in [5, 5.41) is 8.97. The monoisotopic (exact) mass is 143 g/mol. The van der Waals surface area contributed by atoms with E-state index in [1.54, 1.807) is 0 Å². The summed E-state index contributed by atoms with van der Waals surface area (Å²) in [4.78, 5) is 21.7. The van der Waals surface area contributed by atoms with Gasteiger partial charge in [0.1, 0.15) is 6.29 Å². The first kappa shape index (κ1) is 7.21. The maximum absolute atomic E-state index is 10.2. The van der Waals surface area contributed by atoms with Gasteiger partial charge in [-0.2, -0.15) is 0 Å². The van der Waals surface area contributed by atoms with Crippen LogP contribution >= 0.6 is 0 Å².